The van der Waals surface area contributed by atoms with Gasteiger partial charge in [-0.25, -0.2) is 4.98 Å². The Kier molecular flexibility index (Phi) is 5.16. The Bertz CT molecular complexity index is 684. The molecule has 116 valence electrons. The topological polar surface area (TPSA) is 98.2 Å². The fourth-order valence-corrected chi connectivity index (χ4v) is 2.05. The fourth-order valence-electron chi connectivity index (χ4n) is 1.82. The lowest BCUT2D eigenvalue weighted by atomic mass is 10.2. The second kappa shape index (κ2) is 7.09. The molecule has 0 spiro atoms. The van der Waals surface area contributed by atoms with Gasteiger partial charge in [-0.15, -0.1) is 0 Å². The summed E-state index contributed by atoms with van der Waals surface area (Å²) in [5.41, 5.74) is 5.82. The first-order valence-electron chi connectivity index (χ1n) is 6.75. The zero-order valence-electron chi connectivity index (χ0n) is 12.0. The Balaban J connectivity index is 1.94. The van der Waals surface area contributed by atoms with Gasteiger partial charge in [-0.3, -0.25) is 9.59 Å². The molecule has 1 aromatic carbocycles. The zero-order chi connectivity index (χ0) is 16.1. The van der Waals surface area contributed by atoms with Gasteiger partial charge >= 0.3 is 0 Å². The van der Waals surface area contributed by atoms with E-state index in [4.69, 9.17) is 21.8 Å². The van der Waals surface area contributed by atoms with Gasteiger partial charge in [0.15, 0.2) is 11.7 Å². The van der Waals surface area contributed by atoms with Crippen LogP contribution in [0.1, 0.15) is 19.2 Å². The molecule has 0 aliphatic rings. The summed E-state index contributed by atoms with van der Waals surface area (Å²) in [5.74, 6) is 0.109. The van der Waals surface area contributed by atoms with E-state index in [2.05, 4.69) is 10.3 Å². The quantitative estimate of drug-likeness (QED) is 0.849. The number of carbonyl (C=O) groups is 2. The number of hydrogen-bond donors (Lipinski definition) is 2. The first-order valence-corrected chi connectivity index (χ1v) is 7.13. The smallest absolute Gasteiger partial charge is 0.239 e. The fraction of sp³-hybridized carbons (Fsp3) is 0.267. The van der Waals surface area contributed by atoms with Gasteiger partial charge in [-0.1, -0.05) is 23.7 Å². The molecule has 2 aromatic rings. The number of primary amides is 1. The summed E-state index contributed by atoms with van der Waals surface area (Å²) >= 11 is 6.09. The number of carbonyl (C=O) groups excluding carboxylic acids is 2. The van der Waals surface area contributed by atoms with E-state index in [9.17, 15) is 9.59 Å². The van der Waals surface area contributed by atoms with Crippen LogP contribution in [0, 0.1) is 0 Å². The second-order valence-corrected chi connectivity index (χ2v) is 5.20. The third-order valence-electron chi connectivity index (χ3n) is 3.06. The van der Waals surface area contributed by atoms with Crippen molar-refractivity contribution in [2.45, 2.75) is 25.8 Å². The van der Waals surface area contributed by atoms with Crippen molar-refractivity contribution in [3.8, 4) is 11.3 Å². The maximum atomic E-state index is 11.7. The van der Waals surface area contributed by atoms with Gasteiger partial charge in [0.25, 0.3) is 0 Å². The van der Waals surface area contributed by atoms with Gasteiger partial charge in [0.2, 0.25) is 11.8 Å². The standard InChI is InChI=1S/C15H16ClN3O3/c1-9(15(17)21)19-13(20)6-7-14-18-8-12(22-14)10-4-2-3-5-11(10)16/h2-5,8-9H,6-7H2,1H3,(H2,17,21)(H,19,20). The lowest BCUT2D eigenvalue weighted by molar-refractivity contribution is -0.127. The summed E-state index contributed by atoms with van der Waals surface area (Å²) < 4.78 is 5.59. The van der Waals surface area contributed by atoms with Gasteiger partial charge in [0, 0.05) is 18.4 Å². The van der Waals surface area contributed by atoms with Gasteiger partial charge in [-0.05, 0) is 19.1 Å². The van der Waals surface area contributed by atoms with Crippen LogP contribution in [0.3, 0.4) is 0 Å². The second-order valence-electron chi connectivity index (χ2n) is 4.79. The Morgan fingerprint density at radius 3 is 2.82 bits per heavy atom. The Labute approximate surface area is 132 Å². The average molecular weight is 322 g/mol. The Morgan fingerprint density at radius 2 is 2.14 bits per heavy atom. The van der Waals surface area contributed by atoms with Crippen LogP contribution < -0.4 is 11.1 Å². The van der Waals surface area contributed by atoms with E-state index >= 15 is 0 Å². The SMILES string of the molecule is CC(NC(=O)CCc1ncc(-c2ccccc2Cl)o1)C(N)=O. The minimum atomic E-state index is -0.698. The monoisotopic (exact) mass is 321 g/mol. The molecule has 1 atom stereocenters. The number of aryl methyl sites for hydroxylation is 1. The summed E-state index contributed by atoms with van der Waals surface area (Å²) in [5, 5.41) is 3.06. The molecule has 6 nitrogen and oxygen atoms in total. The molecule has 0 saturated carbocycles. The molecule has 0 aliphatic carbocycles. The van der Waals surface area contributed by atoms with Gasteiger partial charge in [-0.2, -0.15) is 0 Å². The molecular formula is C15H16ClN3O3. The lowest BCUT2D eigenvalue weighted by Crippen LogP contribution is -2.42. The summed E-state index contributed by atoms with van der Waals surface area (Å²) in [4.78, 5) is 26.6. The van der Waals surface area contributed by atoms with E-state index in [1.807, 2.05) is 18.2 Å². The maximum Gasteiger partial charge on any atom is 0.239 e. The molecule has 2 amide bonds. The highest BCUT2D eigenvalue weighted by Crippen LogP contribution is 2.28. The summed E-state index contributed by atoms with van der Waals surface area (Å²) in [6.45, 7) is 1.53. The molecular weight excluding hydrogens is 306 g/mol. The van der Waals surface area contributed by atoms with E-state index < -0.39 is 11.9 Å². The van der Waals surface area contributed by atoms with E-state index in [0.29, 0.717) is 23.1 Å². The van der Waals surface area contributed by atoms with Gasteiger partial charge < -0.3 is 15.5 Å². The molecule has 0 fully saturated rings. The lowest BCUT2D eigenvalue weighted by Gasteiger charge is -2.08. The molecule has 1 heterocycles. The Hall–Kier alpha value is -2.34. The number of nitrogens with zero attached hydrogens (tertiary/aromatic N) is 1. The summed E-state index contributed by atoms with van der Waals surface area (Å²) in [7, 11) is 0. The van der Waals surface area contributed by atoms with Crippen LogP contribution in [0.15, 0.2) is 34.9 Å². The number of halogens is 1. The van der Waals surface area contributed by atoms with Crippen LogP contribution in [-0.2, 0) is 16.0 Å². The zero-order valence-corrected chi connectivity index (χ0v) is 12.8. The molecule has 0 bridgehead atoms. The summed E-state index contributed by atoms with van der Waals surface area (Å²) in [6, 6.07) is 6.57. The van der Waals surface area contributed by atoms with Crippen molar-refractivity contribution in [3.05, 3.63) is 41.4 Å². The minimum Gasteiger partial charge on any atom is -0.441 e. The van der Waals surface area contributed by atoms with Crippen LogP contribution in [0.4, 0.5) is 0 Å². The van der Waals surface area contributed by atoms with Gasteiger partial charge in [0.05, 0.1) is 11.2 Å². The largest absolute Gasteiger partial charge is 0.441 e. The normalized spacial score (nSPS) is 11.9. The maximum absolute atomic E-state index is 11.7. The highest BCUT2D eigenvalue weighted by Gasteiger charge is 2.14. The number of rotatable bonds is 6. The van der Waals surface area contributed by atoms with Crippen molar-refractivity contribution in [3.63, 3.8) is 0 Å². The third-order valence-corrected chi connectivity index (χ3v) is 3.39. The van der Waals surface area contributed by atoms with Crippen LogP contribution in [0.2, 0.25) is 5.02 Å². The average Bonchev–Trinajstić information content (AvgIpc) is 2.94. The number of amides is 2. The molecule has 1 unspecified atom stereocenters. The Morgan fingerprint density at radius 1 is 1.41 bits per heavy atom. The molecule has 2 rings (SSSR count). The number of hydrogen-bond acceptors (Lipinski definition) is 4. The van der Waals surface area contributed by atoms with Crippen molar-refractivity contribution in [1.82, 2.24) is 10.3 Å². The number of benzene rings is 1. The van der Waals surface area contributed by atoms with Crippen molar-refractivity contribution in [1.29, 1.82) is 0 Å². The third kappa shape index (κ3) is 4.08. The number of nitrogens with one attached hydrogen (secondary N) is 1. The first-order chi connectivity index (χ1) is 10.5. The number of oxazole rings is 1. The van der Waals surface area contributed by atoms with Crippen molar-refractivity contribution in [2.24, 2.45) is 5.73 Å². The molecule has 0 aliphatic heterocycles. The minimum absolute atomic E-state index is 0.153. The molecule has 0 radical (unpaired) electrons. The highest BCUT2D eigenvalue weighted by molar-refractivity contribution is 6.33. The van der Waals surface area contributed by atoms with Crippen molar-refractivity contribution < 1.29 is 14.0 Å². The predicted molar refractivity (Wildman–Crippen MR) is 82.1 cm³/mol. The van der Waals surface area contributed by atoms with E-state index in [1.54, 1.807) is 12.3 Å². The van der Waals surface area contributed by atoms with E-state index in [-0.39, 0.29) is 12.3 Å². The van der Waals surface area contributed by atoms with E-state index in [0.717, 1.165) is 5.56 Å². The molecule has 1 aromatic heterocycles. The van der Waals surface area contributed by atoms with Crippen LogP contribution >= 0.6 is 11.6 Å². The highest BCUT2D eigenvalue weighted by atomic mass is 35.5. The van der Waals surface area contributed by atoms with Crippen LogP contribution in [-0.4, -0.2) is 22.8 Å². The number of nitrogens with two attached hydrogens (primary N) is 1. The first kappa shape index (κ1) is 16.0. The van der Waals surface area contributed by atoms with Crippen molar-refractivity contribution >= 4 is 23.4 Å². The van der Waals surface area contributed by atoms with E-state index in [1.165, 1.54) is 6.92 Å². The predicted octanol–water partition coefficient (Wildman–Crippen LogP) is 1.92. The summed E-state index contributed by atoms with van der Waals surface area (Å²) in [6.07, 6.45) is 2.04. The van der Waals surface area contributed by atoms with Crippen molar-refractivity contribution in [2.75, 3.05) is 0 Å². The molecule has 7 heteroatoms. The molecule has 22 heavy (non-hydrogen) atoms. The molecule has 0 saturated heterocycles. The van der Waals surface area contributed by atoms with Crippen LogP contribution in [0.5, 0.6) is 0 Å². The number of aromatic nitrogens is 1. The molecule has 3 N–H and O–H groups in total. The van der Waals surface area contributed by atoms with Gasteiger partial charge in [0.1, 0.15) is 6.04 Å². The van der Waals surface area contributed by atoms with Crippen LogP contribution in [0.25, 0.3) is 11.3 Å².